The maximum Gasteiger partial charge on any atom is 0.280 e. The standard InChI is InChI=1S/C13H16BrN3O2/c1-13(2)4-3-7-5-8(11(18)17-12(15)16)6-9(14)10(7)19-13/h5-6H,3-4H2,1-2H3,(H4,15,16,17,18). The van der Waals surface area contributed by atoms with Gasteiger partial charge < -0.3 is 16.2 Å². The first-order valence-electron chi connectivity index (χ1n) is 5.94. The average Bonchev–Trinajstić information content (AvgIpc) is 2.28. The number of ether oxygens (including phenoxy) is 1. The van der Waals surface area contributed by atoms with E-state index in [9.17, 15) is 4.79 Å². The molecule has 0 unspecified atom stereocenters. The molecule has 0 saturated heterocycles. The number of hydrogen-bond acceptors (Lipinski definition) is 2. The van der Waals surface area contributed by atoms with E-state index in [2.05, 4.69) is 20.9 Å². The molecule has 1 heterocycles. The molecule has 0 fully saturated rings. The molecule has 102 valence electrons. The van der Waals surface area contributed by atoms with E-state index in [-0.39, 0.29) is 11.6 Å². The third kappa shape index (κ3) is 3.07. The van der Waals surface area contributed by atoms with Crippen molar-refractivity contribution in [3.05, 3.63) is 27.7 Å². The number of benzene rings is 1. The van der Waals surface area contributed by atoms with Crippen LogP contribution in [0.1, 0.15) is 36.2 Å². The van der Waals surface area contributed by atoms with Crippen LogP contribution in [0.15, 0.2) is 21.6 Å². The summed E-state index contributed by atoms with van der Waals surface area (Å²) in [6, 6.07) is 3.46. The summed E-state index contributed by atoms with van der Waals surface area (Å²) < 4.78 is 6.67. The maximum absolute atomic E-state index is 11.8. The van der Waals surface area contributed by atoms with Gasteiger partial charge in [0.15, 0.2) is 5.96 Å². The number of aryl methyl sites for hydroxylation is 1. The van der Waals surface area contributed by atoms with Gasteiger partial charge in [-0.2, -0.15) is 4.99 Å². The number of halogens is 1. The molecule has 0 atom stereocenters. The molecular formula is C13H16BrN3O2. The van der Waals surface area contributed by atoms with Crippen LogP contribution < -0.4 is 16.2 Å². The Balaban J connectivity index is 2.41. The van der Waals surface area contributed by atoms with Gasteiger partial charge in [0.2, 0.25) is 0 Å². The number of rotatable bonds is 1. The number of carbonyl (C=O) groups is 1. The highest BCUT2D eigenvalue weighted by Gasteiger charge is 2.28. The van der Waals surface area contributed by atoms with Gasteiger partial charge >= 0.3 is 0 Å². The molecule has 5 nitrogen and oxygen atoms in total. The van der Waals surface area contributed by atoms with Crippen LogP contribution in [-0.4, -0.2) is 17.5 Å². The van der Waals surface area contributed by atoms with Gasteiger partial charge in [-0.15, -0.1) is 0 Å². The molecule has 6 heteroatoms. The molecule has 2 rings (SSSR count). The molecule has 1 aliphatic heterocycles. The highest BCUT2D eigenvalue weighted by molar-refractivity contribution is 9.10. The summed E-state index contributed by atoms with van der Waals surface area (Å²) in [5.74, 6) is 0.0991. The molecule has 4 N–H and O–H groups in total. The molecule has 1 aromatic rings. The number of carbonyl (C=O) groups excluding carboxylic acids is 1. The lowest BCUT2D eigenvalue weighted by Crippen LogP contribution is -2.32. The molecule has 1 aliphatic rings. The lowest BCUT2D eigenvalue weighted by molar-refractivity contribution is 0.0835. The Morgan fingerprint density at radius 3 is 2.74 bits per heavy atom. The van der Waals surface area contributed by atoms with Gasteiger partial charge in [-0.05, 0) is 60.3 Å². The summed E-state index contributed by atoms with van der Waals surface area (Å²) in [6.07, 6.45) is 1.75. The lowest BCUT2D eigenvalue weighted by Gasteiger charge is -2.33. The SMILES string of the molecule is CC1(C)CCc2cc(C(=O)N=C(N)N)cc(Br)c2O1. The summed E-state index contributed by atoms with van der Waals surface area (Å²) in [6.45, 7) is 4.09. The van der Waals surface area contributed by atoms with Crippen LogP contribution >= 0.6 is 15.9 Å². The Bertz CT molecular complexity index is 563. The van der Waals surface area contributed by atoms with Gasteiger partial charge in [0.05, 0.1) is 4.47 Å². The molecule has 19 heavy (non-hydrogen) atoms. The number of nitrogens with two attached hydrogens (primary N) is 2. The van der Waals surface area contributed by atoms with E-state index in [1.807, 2.05) is 13.8 Å². The Hall–Kier alpha value is -1.56. The van der Waals surface area contributed by atoms with Crippen molar-refractivity contribution < 1.29 is 9.53 Å². The second-order valence-corrected chi connectivity index (χ2v) is 6.00. The van der Waals surface area contributed by atoms with Crippen molar-refractivity contribution in [1.29, 1.82) is 0 Å². The van der Waals surface area contributed by atoms with Gasteiger partial charge in [0.25, 0.3) is 5.91 Å². The van der Waals surface area contributed by atoms with Crippen molar-refractivity contribution in [2.24, 2.45) is 16.5 Å². The van der Waals surface area contributed by atoms with E-state index < -0.39 is 5.91 Å². The first kappa shape index (κ1) is 13.9. The predicted molar refractivity (Wildman–Crippen MR) is 77.3 cm³/mol. The van der Waals surface area contributed by atoms with Gasteiger partial charge in [0, 0.05) is 5.56 Å². The highest BCUT2D eigenvalue weighted by Crippen LogP contribution is 2.39. The van der Waals surface area contributed by atoms with Crippen LogP contribution in [0.25, 0.3) is 0 Å². The molecule has 1 amide bonds. The predicted octanol–water partition coefficient (Wildman–Crippen LogP) is 1.97. The quantitative estimate of drug-likeness (QED) is 0.610. The van der Waals surface area contributed by atoms with Gasteiger partial charge in [-0.3, -0.25) is 4.79 Å². The van der Waals surface area contributed by atoms with E-state index in [0.29, 0.717) is 5.56 Å². The number of aliphatic imine (C=N–C) groups is 1. The number of hydrogen-bond donors (Lipinski definition) is 2. The van der Waals surface area contributed by atoms with E-state index >= 15 is 0 Å². The largest absolute Gasteiger partial charge is 0.486 e. The average molecular weight is 326 g/mol. The smallest absolute Gasteiger partial charge is 0.280 e. The van der Waals surface area contributed by atoms with Crippen molar-refractivity contribution >= 4 is 27.8 Å². The second-order valence-electron chi connectivity index (χ2n) is 5.15. The summed E-state index contributed by atoms with van der Waals surface area (Å²) in [4.78, 5) is 15.3. The van der Waals surface area contributed by atoms with E-state index in [0.717, 1.165) is 28.6 Å². The summed E-state index contributed by atoms with van der Waals surface area (Å²) >= 11 is 3.43. The fourth-order valence-electron chi connectivity index (χ4n) is 2.02. The molecule has 0 spiro atoms. The Morgan fingerprint density at radius 2 is 2.11 bits per heavy atom. The molecule has 0 aliphatic carbocycles. The fourth-order valence-corrected chi connectivity index (χ4v) is 2.60. The van der Waals surface area contributed by atoms with E-state index in [4.69, 9.17) is 16.2 Å². The molecule has 0 aromatic heterocycles. The normalized spacial score (nSPS) is 16.2. The lowest BCUT2D eigenvalue weighted by atomic mass is 9.93. The van der Waals surface area contributed by atoms with Crippen LogP contribution in [-0.2, 0) is 6.42 Å². The van der Waals surface area contributed by atoms with Gasteiger partial charge in [-0.1, -0.05) is 0 Å². The monoisotopic (exact) mass is 325 g/mol. The second kappa shape index (κ2) is 4.85. The van der Waals surface area contributed by atoms with Crippen molar-refractivity contribution in [3.63, 3.8) is 0 Å². The molecule has 0 radical (unpaired) electrons. The number of amides is 1. The van der Waals surface area contributed by atoms with E-state index in [1.165, 1.54) is 0 Å². The van der Waals surface area contributed by atoms with Crippen molar-refractivity contribution in [3.8, 4) is 5.75 Å². The Kier molecular flexibility index (Phi) is 3.54. The van der Waals surface area contributed by atoms with Crippen molar-refractivity contribution in [2.75, 3.05) is 0 Å². The summed E-state index contributed by atoms with van der Waals surface area (Å²) in [5.41, 5.74) is 11.7. The minimum absolute atomic E-state index is 0.194. The Labute approximate surface area is 120 Å². The number of guanidine groups is 1. The molecular weight excluding hydrogens is 310 g/mol. The molecule has 0 bridgehead atoms. The maximum atomic E-state index is 11.8. The highest BCUT2D eigenvalue weighted by atomic mass is 79.9. The zero-order valence-corrected chi connectivity index (χ0v) is 12.5. The minimum atomic E-state index is -0.451. The van der Waals surface area contributed by atoms with Crippen LogP contribution in [0, 0.1) is 0 Å². The first-order valence-corrected chi connectivity index (χ1v) is 6.73. The first-order chi connectivity index (χ1) is 8.78. The zero-order chi connectivity index (χ0) is 14.2. The van der Waals surface area contributed by atoms with Gasteiger partial charge in [0.1, 0.15) is 11.4 Å². The molecule has 1 aromatic carbocycles. The van der Waals surface area contributed by atoms with Crippen LogP contribution in [0.3, 0.4) is 0 Å². The van der Waals surface area contributed by atoms with E-state index in [1.54, 1.807) is 12.1 Å². The Morgan fingerprint density at radius 1 is 1.42 bits per heavy atom. The number of fused-ring (bicyclic) bond motifs is 1. The van der Waals surface area contributed by atoms with Crippen LogP contribution in [0.4, 0.5) is 0 Å². The van der Waals surface area contributed by atoms with Gasteiger partial charge in [-0.25, -0.2) is 0 Å². The summed E-state index contributed by atoms with van der Waals surface area (Å²) in [7, 11) is 0. The fraction of sp³-hybridized carbons (Fsp3) is 0.385. The number of nitrogens with zero attached hydrogens (tertiary/aromatic N) is 1. The minimum Gasteiger partial charge on any atom is -0.486 e. The van der Waals surface area contributed by atoms with Crippen molar-refractivity contribution in [2.45, 2.75) is 32.3 Å². The molecule has 0 saturated carbocycles. The van der Waals surface area contributed by atoms with Crippen molar-refractivity contribution in [1.82, 2.24) is 0 Å². The van der Waals surface area contributed by atoms with Crippen LogP contribution in [0.2, 0.25) is 0 Å². The topological polar surface area (TPSA) is 90.7 Å². The summed E-state index contributed by atoms with van der Waals surface area (Å²) in [5, 5.41) is 0. The van der Waals surface area contributed by atoms with Crippen LogP contribution in [0.5, 0.6) is 5.75 Å². The zero-order valence-electron chi connectivity index (χ0n) is 10.9. The third-order valence-corrected chi connectivity index (χ3v) is 3.56. The third-order valence-electron chi connectivity index (χ3n) is 2.97.